The van der Waals surface area contributed by atoms with Crippen molar-refractivity contribution < 1.29 is 14.3 Å². The van der Waals surface area contributed by atoms with Gasteiger partial charge in [-0.3, -0.25) is 0 Å². The molecule has 1 heterocycles. The van der Waals surface area contributed by atoms with Crippen LogP contribution in [0.3, 0.4) is 0 Å². The summed E-state index contributed by atoms with van der Waals surface area (Å²) in [5.74, 6) is 6.65. The topological polar surface area (TPSA) is 38.8 Å². The standard InChI is InChI=1S/C26H30O3/c1-7-28-22(27)21-11-10-19-16-18(8-9-20(19)17-21)12-13-26-24(4,5)15-14-23(2,3)25(26,6)29-26/h8-11,16-17H,7,14-15H2,1-6H3. The maximum atomic E-state index is 12.0. The molecule has 3 heteroatoms. The number of hydrogen-bond acceptors (Lipinski definition) is 3. The van der Waals surface area contributed by atoms with Crippen molar-refractivity contribution in [3.63, 3.8) is 0 Å². The Morgan fingerprint density at radius 3 is 2.38 bits per heavy atom. The van der Waals surface area contributed by atoms with Gasteiger partial charge in [-0.1, -0.05) is 51.7 Å². The molecular formula is C26H30O3. The van der Waals surface area contributed by atoms with Gasteiger partial charge in [0.25, 0.3) is 0 Å². The highest BCUT2D eigenvalue weighted by Crippen LogP contribution is 2.71. The van der Waals surface area contributed by atoms with E-state index in [-0.39, 0.29) is 22.4 Å². The van der Waals surface area contributed by atoms with Crippen LogP contribution < -0.4 is 0 Å². The van der Waals surface area contributed by atoms with E-state index < -0.39 is 5.60 Å². The summed E-state index contributed by atoms with van der Waals surface area (Å²) < 4.78 is 11.5. The van der Waals surface area contributed by atoms with Crippen molar-refractivity contribution in [2.45, 2.75) is 65.6 Å². The third-order valence-corrected chi connectivity index (χ3v) is 7.34. The van der Waals surface area contributed by atoms with Crippen molar-refractivity contribution in [3.8, 4) is 11.8 Å². The van der Waals surface area contributed by atoms with Crippen LogP contribution in [-0.4, -0.2) is 23.8 Å². The Balaban J connectivity index is 1.67. The molecule has 0 radical (unpaired) electrons. The van der Waals surface area contributed by atoms with Gasteiger partial charge in [-0.25, -0.2) is 4.79 Å². The first-order valence-corrected chi connectivity index (χ1v) is 10.5. The second-order valence-corrected chi connectivity index (χ2v) is 9.83. The molecule has 2 atom stereocenters. The molecule has 0 spiro atoms. The smallest absolute Gasteiger partial charge is 0.338 e. The lowest BCUT2D eigenvalue weighted by molar-refractivity contribution is 0.0526. The van der Waals surface area contributed by atoms with E-state index in [1.54, 1.807) is 0 Å². The van der Waals surface area contributed by atoms with Crippen molar-refractivity contribution >= 4 is 16.7 Å². The van der Waals surface area contributed by atoms with Crippen molar-refractivity contribution in [1.82, 2.24) is 0 Å². The van der Waals surface area contributed by atoms with E-state index in [4.69, 9.17) is 9.47 Å². The van der Waals surface area contributed by atoms with Crippen LogP contribution in [0.1, 0.15) is 70.3 Å². The molecule has 4 rings (SSSR count). The summed E-state index contributed by atoms with van der Waals surface area (Å²) in [7, 11) is 0. The SMILES string of the molecule is CCOC(=O)c1ccc2cc(C#CC34OC3(C)C(C)(C)CCC4(C)C)ccc2c1. The minimum absolute atomic E-state index is 0.0235. The molecule has 2 aliphatic rings. The summed E-state index contributed by atoms with van der Waals surface area (Å²) >= 11 is 0. The predicted molar refractivity (Wildman–Crippen MR) is 116 cm³/mol. The average Bonchev–Trinajstić information content (AvgIpc) is 3.33. The molecule has 1 aliphatic carbocycles. The molecule has 0 aromatic heterocycles. The van der Waals surface area contributed by atoms with Crippen LogP contribution in [0.2, 0.25) is 0 Å². The quantitative estimate of drug-likeness (QED) is 0.373. The lowest BCUT2D eigenvalue weighted by atomic mass is 9.55. The number of ether oxygens (including phenoxy) is 2. The number of esters is 1. The van der Waals surface area contributed by atoms with Gasteiger partial charge >= 0.3 is 5.97 Å². The van der Waals surface area contributed by atoms with Crippen LogP contribution in [-0.2, 0) is 9.47 Å². The zero-order valence-electron chi connectivity index (χ0n) is 18.3. The average molecular weight is 391 g/mol. The molecule has 0 amide bonds. The van der Waals surface area contributed by atoms with Crippen molar-refractivity contribution in [3.05, 3.63) is 47.5 Å². The van der Waals surface area contributed by atoms with Crippen LogP contribution in [0, 0.1) is 22.7 Å². The number of fused-ring (bicyclic) bond motifs is 2. The van der Waals surface area contributed by atoms with Gasteiger partial charge in [-0.05, 0) is 67.1 Å². The second kappa shape index (κ2) is 6.34. The first kappa shape index (κ1) is 20.0. The van der Waals surface area contributed by atoms with E-state index in [9.17, 15) is 4.79 Å². The van der Waals surface area contributed by atoms with E-state index in [0.29, 0.717) is 12.2 Å². The van der Waals surface area contributed by atoms with Gasteiger partial charge < -0.3 is 9.47 Å². The number of carbonyl (C=O) groups is 1. The van der Waals surface area contributed by atoms with Crippen molar-refractivity contribution in [1.29, 1.82) is 0 Å². The first-order chi connectivity index (χ1) is 13.6. The molecule has 3 nitrogen and oxygen atoms in total. The fourth-order valence-corrected chi connectivity index (χ4v) is 4.86. The van der Waals surface area contributed by atoms with Crippen molar-refractivity contribution in [2.75, 3.05) is 6.61 Å². The van der Waals surface area contributed by atoms with Crippen LogP contribution in [0.25, 0.3) is 10.8 Å². The number of rotatable bonds is 2. The van der Waals surface area contributed by atoms with Gasteiger partial charge in [0.05, 0.1) is 12.2 Å². The molecule has 0 bridgehead atoms. The fraction of sp³-hybridized carbons (Fsp3) is 0.500. The fourth-order valence-electron chi connectivity index (χ4n) is 4.86. The lowest BCUT2D eigenvalue weighted by Gasteiger charge is -2.43. The van der Waals surface area contributed by atoms with Crippen LogP contribution in [0.4, 0.5) is 0 Å². The predicted octanol–water partition coefficient (Wildman–Crippen LogP) is 5.74. The molecule has 1 saturated carbocycles. The van der Waals surface area contributed by atoms with Gasteiger partial charge in [0, 0.05) is 11.0 Å². The summed E-state index contributed by atoms with van der Waals surface area (Å²) in [4.78, 5) is 12.0. The van der Waals surface area contributed by atoms with Gasteiger partial charge in [0.1, 0.15) is 5.60 Å². The molecule has 152 valence electrons. The molecule has 1 aliphatic heterocycles. The summed E-state index contributed by atoms with van der Waals surface area (Å²) in [6, 6.07) is 11.7. The Bertz CT molecular complexity index is 1050. The van der Waals surface area contributed by atoms with Gasteiger partial charge in [-0.2, -0.15) is 0 Å². The Hall–Kier alpha value is -2.31. The number of carbonyl (C=O) groups excluding carboxylic acids is 1. The molecule has 2 unspecified atom stereocenters. The van der Waals surface area contributed by atoms with E-state index in [2.05, 4.69) is 52.5 Å². The van der Waals surface area contributed by atoms with Gasteiger partial charge in [0.2, 0.25) is 0 Å². The van der Waals surface area contributed by atoms with E-state index >= 15 is 0 Å². The minimum Gasteiger partial charge on any atom is -0.462 e. The highest BCUT2D eigenvalue weighted by Gasteiger charge is 2.80. The van der Waals surface area contributed by atoms with Crippen molar-refractivity contribution in [2.24, 2.45) is 10.8 Å². The molecule has 2 fully saturated rings. The molecular weight excluding hydrogens is 360 g/mol. The molecule has 2 aromatic carbocycles. The minimum atomic E-state index is -0.398. The lowest BCUT2D eigenvalue weighted by Crippen LogP contribution is -2.49. The third-order valence-electron chi connectivity index (χ3n) is 7.34. The van der Waals surface area contributed by atoms with E-state index in [0.717, 1.165) is 29.2 Å². The Labute approximate surface area is 173 Å². The molecule has 1 saturated heterocycles. The molecule has 2 aromatic rings. The number of hydrogen-bond donors (Lipinski definition) is 0. The Kier molecular flexibility index (Phi) is 4.37. The Morgan fingerprint density at radius 2 is 1.66 bits per heavy atom. The first-order valence-electron chi connectivity index (χ1n) is 10.5. The zero-order chi connectivity index (χ0) is 21.1. The summed E-state index contributed by atoms with van der Waals surface area (Å²) in [5.41, 5.74) is 1.07. The van der Waals surface area contributed by atoms with E-state index in [1.807, 2.05) is 37.3 Å². The highest BCUT2D eigenvalue weighted by molar-refractivity contribution is 5.95. The molecule has 29 heavy (non-hydrogen) atoms. The normalized spacial score (nSPS) is 28.8. The highest BCUT2D eigenvalue weighted by atomic mass is 16.6. The largest absolute Gasteiger partial charge is 0.462 e. The van der Waals surface area contributed by atoms with Crippen LogP contribution >= 0.6 is 0 Å². The second-order valence-electron chi connectivity index (χ2n) is 9.83. The maximum absolute atomic E-state index is 12.0. The van der Waals surface area contributed by atoms with Crippen LogP contribution in [0.15, 0.2) is 36.4 Å². The Morgan fingerprint density at radius 1 is 1.00 bits per heavy atom. The van der Waals surface area contributed by atoms with E-state index in [1.165, 1.54) is 0 Å². The van der Waals surface area contributed by atoms with Gasteiger partial charge in [-0.15, -0.1) is 0 Å². The molecule has 0 N–H and O–H groups in total. The maximum Gasteiger partial charge on any atom is 0.338 e. The number of epoxide rings is 1. The number of benzene rings is 2. The third kappa shape index (κ3) is 2.89. The summed E-state index contributed by atoms with van der Waals surface area (Å²) in [5, 5.41) is 2.07. The zero-order valence-corrected chi connectivity index (χ0v) is 18.3. The van der Waals surface area contributed by atoms with Gasteiger partial charge in [0.15, 0.2) is 5.60 Å². The summed E-state index contributed by atoms with van der Waals surface area (Å²) in [6.07, 6.45) is 2.26. The van der Waals surface area contributed by atoms with Crippen LogP contribution in [0.5, 0.6) is 0 Å². The summed E-state index contributed by atoms with van der Waals surface area (Å²) in [6.45, 7) is 13.6. The monoisotopic (exact) mass is 390 g/mol.